The number of piperazine rings is 1. The maximum atomic E-state index is 13.2. The highest BCUT2D eigenvalue weighted by molar-refractivity contribution is 5.92. The van der Waals surface area contributed by atoms with Crippen molar-refractivity contribution in [2.75, 3.05) is 59.5 Å². The van der Waals surface area contributed by atoms with E-state index in [4.69, 9.17) is 4.74 Å². The Morgan fingerprint density at radius 1 is 1.27 bits per heavy atom. The number of carbonyl (C=O) groups excluding carboxylic acids is 1. The highest BCUT2D eigenvalue weighted by atomic mass is 16.5. The van der Waals surface area contributed by atoms with Gasteiger partial charge in [0.2, 0.25) is 0 Å². The second kappa shape index (κ2) is 9.48. The number of rotatable bonds is 7. The number of hydrogen-bond donors (Lipinski definition) is 0. The third-order valence-corrected chi connectivity index (χ3v) is 5.60. The van der Waals surface area contributed by atoms with E-state index in [2.05, 4.69) is 26.8 Å². The van der Waals surface area contributed by atoms with E-state index in [-0.39, 0.29) is 11.9 Å². The molecule has 2 saturated heterocycles. The maximum absolute atomic E-state index is 13.2. The first-order valence-corrected chi connectivity index (χ1v) is 10.0. The molecule has 0 bridgehead atoms. The molecule has 7 heteroatoms. The molecule has 1 aromatic rings. The summed E-state index contributed by atoms with van der Waals surface area (Å²) in [6.07, 6.45) is 4.61. The topological polar surface area (TPSA) is 53.8 Å². The third kappa shape index (κ3) is 4.84. The highest BCUT2D eigenvalue weighted by Crippen LogP contribution is 2.18. The predicted molar refractivity (Wildman–Crippen MR) is 101 cm³/mol. The highest BCUT2D eigenvalue weighted by Gasteiger charge is 2.28. The van der Waals surface area contributed by atoms with Crippen molar-refractivity contribution in [3.63, 3.8) is 0 Å². The Balaban J connectivity index is 1.60. The fourth-order valence-corrected chi connectivity index (χ4v) is 3.90. The molecule has 0 spiro atoms. The van der Waals surface area contributed by atoms with Crippen LogP contribution in [-0.4, -0.2) is 96.0 Å². The zero-order valence-electron chi connectivity index (χ0n) is 16.3. The van der Waals surface area contributed by atoms with Crippen LogP contribution in [0.15, 0.2) is 12.3 Å². The van der Waals surface area contributed by atoms with Gasteiger partial charge in [-0.25, -0.2) is 0 Å². The van der Waals surface area contributed by atoms with Crippen LogP contribution in [0, 0.1) is 0 Å². The number of likely N-dealkylation sites (N-methyl/N-ethyl adjacent to an activating group) is 1. The van der Waals surface area contributed by atoms with Gasteiger partial charge in [-0.05, 0) is 45.8 Å². The van der Waals surface area contributed by atoms with Crippen molar-refractivity contribution < 1.29 is 9.53 Å². The van der Waals surface area contributed by atoms with E-state index in [0.717, 1.165) is 78.3 Å². The second-order valence-electron chi connectivity index (χ2n) is 7.37. The van der Waals surface area contributed by atoms with Crippen LogP contribution in [0.5, 0.6) is 0 Å². The Bertz CT molecular complexity index is 562. The molecule has 2 aliphatic heterocycles. The molecule has 146 valence electrons. The van der Waals surface area contributed by atoms with E-state index in [9.17, 15) is 4.79 Å². The van der Waals surface area contributed by atoms with Crippen molar-refractivity contribution in [1.29, 1.82) is 0 Å². The molecule has 1 aromatic heterocycles. The van der Waals surface area contributed by atoms with E-state index in [1.165, 1.54) is 0 Å². The van der Waals surface area contributed by atoms with E-state index in [1.807, 2.05) is 13.0 Å². The van der Waals surface area contributed by atoms with Gasteiger partial charge in [0, 0.05) is 64.7 Å². The van der Waals surface area contributed by atoms with Crippen LogP contribution < -0.4 is 0 Å². The van der Waals surface area contributed by atoms with E-state index in [0.29, 0.717) is 5.69 Å². The molecule has 2 aliphatic rings. The summed E-state index contributed by atoms with van der Waals surface area (Å²) < 4.78 is 7.31. The van der Waals surface area contributed by atoms with Gasteiger partial charge in [0.1, 0.15) is 5.69 Å². The summed E-state index contributed by atoms with van der Waals surface area (Å²) in [6.45, 7) is 10.6. The average molecular weight is 364 g/mol. The number of aromatic nitrogens is 2. The molecular weight excluding hydrogens is 330 g/mol. The van der Waals surface area contributed by atoms with E-state index < -0.39 is 0 Å². The van der Waals surface area contributed by atoms with Gasteiger partial charge in [-0.2, -0.15) is 5.10 Å². The Kier molecular flexibility index (Phi) is 7.05. The van der Waals surface area contributed by atoms with Gasteiger partial charge < -0.3 is 19.4 Å². The van der Waals surface area contributed by atoms with Gasteiger partial charge in [-0.3, -0.25) is 9.48 Å². The summed E-state index contributed by atoms with van der Waals surface area (Å²) in [7, 11) is 2.18. The van der Waals surface area contributed by atoms with Crippen LogP contribution in [0.4, 0.5) is 0 Å². The molecule has 0 saturated carbocycles. The van der Waals surface area contributed by atoms with Gasteiger partial charge in [0.05, 0.1) is 0 Å². The molecule has 3 rings (SSSR count). The monoisotopic (exact) mass is 363 g/mol. The molecule has 0 atom stereocenters. The van der Waals surface area contributed by atoms with Crippen molar-refractivity contribution >= 4 is 5.91 Å². The predicted octanol–water partition coefficient (Wildman–Crippen LogP) is 1.16. The van der Waals surface area contributed by atoms with Gasteiger partial charge in [-0.1, -0.05) is 0 Å². The van der Waals surface area contributed by atoms with Gasteiger partial charge in [0.25, 0.3) is 5.91 Å². The number of hydrogen-bond acceptors (Lipinski definition) is 5. The molecular formula is C19H33N5O2. The lowest BCUT2D eigenvalue weighted by molar-refractivity contribution is 0.0269. The quantitative estimate of drug-likeness (QED) is 0.728. The number of nitrogens with zero attached hydrogens (tertiary/aromatic N) is 5. The number of amides is 1. The van der Waals surface area contributed by atoms with Crippen LogP contribution in [0.2, 0.25) is 0 Å². The first-order chi connectivity index (χ1) is 12.7. The van der Waals surface area contributed by atoms with E-state index >= 15 is 0 Å². The average Bonchev–Trinajstić information content (AvgIpc) is 3.16. The molecule has 7 nitrogen and oxygen atoms in total. The minimum atomic E-state index is 0.120. The lowest BCUT2D eigenvalue weighted by Gasteiger charge is -2.36. The summed E-state index contributed by atoms with van der Waals surface area (Å²) in [6, 6.07) is 2.13. The summed E-state index contributed by atoms with van der Waals surface area (Å²) >= 11 is 0. The Morgan fingerprint density at radius 2 is 2.00 bits per heavy atom. The van der Waals surface area contributed by atoms with Crippen LogP contribution in [0.25, 0.3) is 0 Å². The van der Waals surface area contributed by atoms with Crippen molar-refractivity contribution in [3.8, 4) is 0 Å². The lowest BCUT2D eigenvalue weighted by atomic mass is 10.1. The van der Waals surface area contributed by atoms with Gasteiger partial charge in [0.15, 0.2) is 0 Å². The third-order valence-electron chi connectivity index (χ3n) is 5.60. The molecule has 0 N–H and O–H groups in total. The zero-order chi connectivity index (χ0) is 18.4. The Morgan fingerprint density at radius 3 is 2.69 bits per heavy atom. The normalized spacial score (nSPS) is 20.4. The van der Waals surface area contributed by atoms with Gasteiger partial charge in [-0.15, -0.1) is 0 Å². The molecule has 0 unspecified atom stereocenters. The first kappa shape index (κ1) is 19.3. The standard InChI is InChI=1S/C19H33N5O2/c1-3-24-18(5-8-20-24)19(25)23(17-6-15-26-16-7-17)10-4-9-22-13-11-21(2)12-14-22/h5,8,17H,3-4,6-7,9-16H2,1-2H3. The smallest absolute Gasteiger partial charge is 0.272 e. The summed E-state index contributed by atoms with van der Waals surface area (Å²) in [4.78, 5) is 20.2. The summed E-state index contributed by atoms with van der Waals surface area (Å²) in [5.74, 6) is 0.120. The summed E-state index contributed by atoms with van der Waals surface area (Å²) in [5, 5.41) is 4.28. The van der Waals surface area contributed by atoms with Crippen molar-refractivity contribution in [2.45, 2.75) is 38.8 Å². The second-order valence-corrected chi connectivity index (χ2v) is 7.37. The minimum Gasteiger partial charge on any atom is -0.381 e. The molecule has 0 radical (unpaired) electrons. The minimum absolute atomic E-state index is 0.120. The largest absolute Gasteiger partial charge is 0.381 e. The Hall–Kier alpha value is -1.44. The fraction of sp³-hybridized carbons (Fsp3) is 0.789. The van der Waals surface area contributed by atoms with Crippen LogP contribution in [-0.2, 0) is 11.3 Å². The van der Waals surface area contributed by atoms with Crippen molar-refractivity contribution in [3.05, 3.63) is 18.0 Å². The Labute approximate surface area is 156 Å². The van der Waals surface area contributed by atoms with E-state index in [1.54, 1.807) is 10.9 Å². The lowest BCUT2D eigenvalue weighted by Crippen LogP contribution is -2.47. The number of ether oxygens (including phenoxy) is 1. The van der Waals surface area contributed by atoms with Crippen LogP contribution >= 0.6 is 0 Å². The van der Waals surface area contributed by atoms with Gasteiger partial charge >= 0.3 is 0 Å². The molecule has 1 amide bonds. The number of aryl methyl sites for hydroxylation is 1. The van der Waals surface area contributed by atoms with Crippen molar-refractivity contribution in [2.24, 2.45) is 0 Å². The van der Waals surface area contributed by atoms with Crippen molar-refractivity contribution in [1.82, 2.24) is 24.5 Å². The molecule has 2 fully saturated rings. The molecule has 26 heavy (non-hydrogen) atoms. The fourth-order valence-electron chi connectivity index (χ4n) is 3.90. The number of carbonyl (C=O) groups is 1. The maximum Gasteiger partial charge on any atom is 0.272 e. The molecule has 0 aromatic carbocycles. The van der Waals surface area contributed by atoms with Crippen LogP contribution in [0.1, 0.15) is 36.7 Å². The summed E-state index contributed by atoms with van der Waals surface area (Å²) in [5.41, 5.74) is 0.707. The molecule has 3 heterocycles. The van der Waals surface area contributed by atoms with Crippen LogP contribution in [0.3, 0.4) is 0 Å². The first-order valence-electron chi connectivity index (χ1n) is 10.0. The zero-order valence-corrected chi connectivity index (χ0v) is 16.3. The SMILES string of the molecule is CCn1nccc1C(=O)N(CCCN1CCN(C)CC1)C1CCOCC1. The molecule has 0 aliphatic carbocycles.